The number of ether oxygens (including phenoxy) is 1. The van der Waals surface area contributed by atoms with E-state index in [1.807, 2.05) is 24.3 Å². The number of aryl methyl sites for hydroxylation is 2. The molecule has 1 heterocycles. The lowest BCUT2D eigenvalue weighted by Gasteiger charge is -2.09. The maximum atomic E-state index is 11.2. The van der Waals surface area contributed by atoms with E-state index in [0.717, 1.165) is 6.42 Å². The molecule has 0 atom stereocenters. The van der Waals surface area contributed by atoms with E-state index in [0.29, 0.717) is 11.3 Å². The second kappa shape index (κ2) is 5.52. The largest absolute Gasteiger partial charge is 0.477 e. The molecule has 0 unspecified atom stereocenters. The average molecular weight is 257 g/mol. The Labute approximate surface area is 111 Å². The minimum absolute atomic E-state index is 0.0991. The highest BCUT2D eigenvalue weighted by Crippen LogP contribution is 2.25. The molecule has 0 amide bonds. The van der Waals surface area contributed by atoms with E-state index in [4.69, 9.17) is 4.74 Å². The van der Waals surface area contributed by atoms with Crippen LogP contribution in [-0.4, -0.2) is 16.1 Å². The molecule has 0 bridgehead atoms. The first kappa shape index (κ1) is 13.1. The van der Waals surface area contributed by atoms with Gasteiger partial charge < -0.3 is 9.84 Å². The minimum atomic E-state index is -1.04. The number of aromatic nitrogens is 1. The van der Waals surface area contributed by atoms with Gasteiger partial charge >= 0.3 is 5.97 Å². The van der Waals surface area contributed by atoms with Crippen molar-refractivity contribution in [1.82, 2.24) is 4.98 Å². The number of benzene rings is 1. The molecule has 1 N–H and O–H groups in total. The normalized spacial score (nSPS) is 10.2. The minimum Gasteiger partial charge on any atom is -0.477 e. The summed E-state index contributed by atoms with van der Waals surface area (Å²) in [5, 5.41) is 9.19. The van der Waals surface area contributed by atoms with Gasteiger partial charge in [0.2, 0.25) is 5.88 Å². The number of aromatic carboxylic acids is 1. The van der Waals surface area contributed by atoms with Crippen LogP contribution in [0, 0.1) is 6.92 Å². The molecule has 98 valence electrons. The zero-order valence-corrected chi connectivity index (χ0v) is 10.9. The summed E-state index contributed by atoms with van der Waals surface area (Å²) in [5.74, 6) is -0.333. The number of rotatable bonds is 4. The number of nitrogens with zero attached hydrogens (tertiary/aromatic N) is 1. The maximum Gasteiger partial charge on any atom is 0.341 e. The first-order chi connectivity index (χ1) is 9.11. The van der Waals surface area contributed by atoms with Crippen molar-refractivity contribution in [2.45, 2.75) is 20.3 Å². The molecule has 0 fully saturated rings. The third-order valence-corrected chi connectivity index (χ3v) is 2.88. The van der Waals surface area contributed by atoms with Crippen LogP contribution in [0.3, 0.4) is 0 Å². The summed E-state index contributed by atoms with van der Waals surface area (Å²) in [5.41, 5.74) is 1.92. The summed E-state index contributed by atoms with van der Waals surface area (Å²) in [7, 11) is 0. The van der Waals surface area contributed by atoms with Crippen molar-refractivity contribution in [3.8, 4) is 11.6 Å². The van der Waals surface area contributed by atoms with Gasteiger partial charge in [-0.1, -0.05) is 19.1 Å². The molecule has 4 nitrogen and oxygen atoms in total. The maximum absolute atomic E-state index is 11.2. The number of carboxylic acids is 1. The van der Waals surface area contributed by atoms with Crippen LogP contribution in [0.5, 0.6) is 11.6 Å². The van der Waals surface area contributed by atoms with Gasteiger partial charge in [-0.3, -0.25) is 0 Å². The summed E-state index contributed by atoms with van der Waals surface area (Å²) in [6, 6.07) is 9.18. The van der Waals surface area contributed by atoms with Gasteiger partial charge in [-0.2, -0.15) is 0 Å². The van der Waals surface area contributed by atoms with Crippen LogP contribution in [0.1, 0.15) is 28.4 Å². The molecule has 19 heavy (non-hydrogen) atoms. The summed E-state index contributed by atoms with van der Waals surface area (Å²) in [6.45, 7) is 3.79. The quantitative estimate of drug-likeness (QED) is 0.911. The fourth-order valence-corrected chi connectivity index (χ4v) is 1.78. The van der Waals surface area contributed by atoms with E-state index in [9.17, 15) is 9.90 Å². The highest BCUT2D eigenvalue weighted by atomic mass is 16.5. The highest BCUT2D eigenvalue weighted by molar-refractivity contribution is 5.91. The Balaban J connectivity index is 2.32. The monoisotopic (exact) mass is 257 g/mol. The number of hydrogen-bond acceptors (Lipinski definition) is 3. The van der Waals surface area contributed by atoms with Crippen LogP contribution in [0.15, 0.2) is 36.5 Å². The summed E-state index contributed by atoms with van der Waals surface area (Å²) in [6.07, 6.45) is 2.49. The van der Waals surface area contributed by atoms with Gasteiger partial charge in [0.25, 0.3) is 0 Å². The Morgan fingerprint density at radius 2 is 1.95 bits per heavy atom. The lowest BCUT2D eigenvalue weighted by molar-refractivity contribution is 0.0692. The van der Waals surface area contributed by atoms with Crippen molar-refractivity contribution in [2.75, 3.05) is 0 Å². The van der Waals surface area contributed by atoms with Gasteiger partial charge in [0.15, 0.2) is 0 Å². The van der Waals surface area contributed by atoms with Crippen molar-refractivity contribution in [3.63, 3.8) is 0 Å². The molecule has 0 aliphatic carbocycles. The van der Waals surface area contributed by atoms with Crippen molar-refractivity contribution in [2.24, 2.45) is 0 Å². The van der Waals surface area contributed by atoms with Gasteiger partial charge in [0.1, 0.15) is 11.3 Å². The van der Waals surface area contributed by atoms with Gasteiger partial charge in [-0.05, 0) is 42.7 Å². The Bertz CT molecular complexity index is 591. The van der Waals surface area contributed by atoms with E-state index in [1.165, 1.54) is 11.8 Å². The molecule has 0 radical (unpaired) electrons. The fourth-order valence-electron chi connectivity index (χ4n) is 1.78. The summed E-state index contributed by atoms with van der Waals surface area (Å²) in [4.78, 5) is 15.2. The van der Waals surface area contributed by atoms with Crippen LogP contribution >= 0.6 is 0 Å². The van der Waals surface area contributed by atoms with E-state index >= 15 is 0 Å². The Hall–Kier alpha value is -2.36. The molecule has 1 aromatic carbocycles. The number of pyridine rings is 1. The Morgan fingerprint density at radius 3 is 2.53 bits per heavy atom. The van der Waals surface area contributed by atoms with Gasteiger partial charge in [-0.15, -0.1) is 0 Å². The van der Waals surface area contributed by atoms with Gasteiger partial charge in [0.05, 0.1) is 0 Å². The van der Waals surface area contributed by atoms with Crippen LogP contribution in [0.25, 0.3) is 0 Å². The predicted molar refractivity (Wildman–Crippen MR) is 71.8 cm³/mol. The smallest absolute Gasteiger partial charge is 0.341 e. The van der Waals surface area contributed by atoms with E-state index in [1.54, 1.807) is 13.0 Å². The second-order valence-corrected chi connectivity index (χ2v) is 4.21. The van der Waals surface area contributed by atoms with Crippen molar-refractivity contribution >= 4 is 5.97 Å². The topological polar surface area (TPSA) is 59.4 Å². The number of carbonyl (C=O) groups is 1. The van der Waals surface area contributed by atoms with Crippen molar-refractivity contribution in [3.05, 3.63) is 53.2 Å². The molecule has 0 aliphatic rings. The van der Waals surface area contributed by atoms with E-state index < -0.39 is 5.97 Å². The second-order valence-electron chi connectivity index (χ2n) is 4.21. The molecule has 0 saturated heterocycles. The zero-order chi connectivity index (χ0) is 13.8. The standard InChI is InChI=1S/C15H15NO3/c1-3-11-4-6-12(7-5-11)19-14-13(15(17)18)10(2)8-9-16-14/h4-9H,3H2,1-2H3,(H,17,18). The lowest BCUT2D eigenvalue weighted by Crippen LogP contribution is -2.04. The predicted octanol–water partition coefficient (Wildman–Crippen LogP) is 3.44. The number of hydrogen-bond donors (Lipinski definition) is 1. The zero-order valence-electron chi connectivity index (χ0n) is 10.9. The first-order valence-electron chi connectivity index (χ1n) is 6.07. The molecule has 0 aliphatic heterocycles. The Kier molecular flexibility index (Phi) is 3.80. The van der Waals surface area contributed by atoms with Crippen LogP contribution in [-0.2, 0) is 6.42 Å². The average Bonchev–Trinajstić information content (AvgIpc) is 2.39. The third-order valence-electron chi connectivity index (χ3n) is 2.88. The molecule has 1 aromatic heterocycles. The molecule has 0 spiro atoms. The fraction of sp³-hybridized carbons (Fsp3) is 0.200. The molecule has 0 saturated carbocycles. The number of carboxylic acid groups (broad SMARTS) is 1. The van der Waals surface area contributed by atoms with Gasteiger partial charge in [0, 0.05) is 6.20 Å². The van der Waals surface area contributed by atoms with Crippen LogP contribution in [0.4, 0.5) is 0 Å². The first-order valence-corrected chi connectivity index (χ1v) is 6.07. The van der Waals surface area contributed by atoms with Crippen LogP contribution in [0.2, 0.25) is 0 Å². The van der Waals surface area contributed by atoms with Crippen molar-refractivity contribution < 1.29 is 14.6 Å². The van der Waals surface area contributed by atoms with Gasteiger partial charge in [-0.25, -0.2) is 9.78 Å². The molecule has 2 aromatic rings. The van der Waals surface area contributed by atoms with Crippen molar-refractivity contribution in [1.29, 1.82) is 0 Å². The third kappa shape index (κ3) is 2.91. The molecular weight excluding hydrogens is 242 g/mol. The van der Waals surface area contributed by atoms with E-state index in [-0.39, 0.29) is 11.4 Å². The summed E-state index contributed by atoms with van der Waals surface area (Å²) < 4.78 is 5.56. The van der Waals surface area contributed by atoms with E-state index in [2.05, 4.69) is 11.9 Å². The van der Waals surface area contributed by atoms with Crippen LogP contribution < -0.4 is 4.74 Å². The SMILES string of the molecule is CCc1ccc(Oc2nccc(C)c2C(=O)O)cc1. The summed E-state index contributed by atoms with van der Waals surface area (Å²) >= 11 is 0. The molecular formula is C15H15NO3. The lowest BCUT2D eigenvalue weighted by atomic mass is 10.1. The molecule has 2 rings (SSSR count). The highest BCUT2D eigenvalue weighted by Gasteiger charge is 2.16. The Morgan fingerprint density at radius 1 is 1.26 bits per heavy atom. The molecule has 4 heteroatoms.